The first-order valence-electron chi connectivity index (χ1n) is 11.3. The second-order valence-electron chi connectivity index (χ2n) is 9.30. The first kappa shape index (κ1) is 21.6. The molecule has 6 heteroatoms. The van der Waals surface area contributed by atoms with Crippen molar-refractivity contribution in [3.05, 3.63) is 88.5 Å². The molecule has 0 radical (unpaired) electrons. The van der Waals surface area contributed by atoms with Crippen LogP contribution in [0.15, 0.2) is 60.3 Å². The molecular formula is C27H27FN2O3. The van der Waals surface area contributed by atoms with Crippen LogP contribution in [0.2, 0.25) is 0 Å². The lowest BCUT2D eigenvalue weighted by atomic mass is 9.65. The van der Waals surface area contributed by atoms with Crippen LogP contribution in [0.4, 0.5) is 4.39 Å². The van der Waals surface area contributed by atoms with E-state index in [1.54, 1.807) is 18.2 Å². The number of hydrogen-bond donors (Lipinski definition) is 1. The van der Waals surface area contributed by atoms with Crippen LogP contribution in [0.25, 0.3) is 11.8 Å². The molecule has 2 aromatic carbocycles. The SMILES string of the molecule is COC(=O)c1ccccc1CC[C@]1(O)CCC2=Cc3c(cnn3-c3ccc(F)cc3)CC21C. The topological polar surface area (TPSA) is 64.3 Å². The van der Waals surface area contributed by atoms with Crippen molar-refractivity contribution in [2.75, 3.05) is 7.11 Å². The molecule has 0 saturated heterocycles. The Morgan fingerprint density at radius 2 is 1.97 bits per heavy atom. The number of carbonyl (C=O) groups excluding carboxylic acids is 1. The Morgan fingerprint density at radius 1 is 1.21 bits per heavy atom. The summed E-state index contributed by atoms with van der Waals surface area (Å²) in [5.74, 6) is -0.633. The zero-order valence-corrected chi connectivity index (χ0v) is 18.8. The standard InChI is InChI=1S/C27H27FN2O3/c1-26-16-19-17-29-30(22-9-7-21(28)8-10-22)24(19)15-20(26)12-14-27(26,32)13-11-18-5-3-4-6-23(18)25(31)33-2/h3-10,15,17,32H,11-14,16H2,1-2H3/t26?,27-/m0/s1. The third kappa shape index (κ3) is 3.49. The number of carbonyl (C=O) groups is 1. The van der Waals surface area contributed by atoms with Crippen molar-refractivity contribution in [2.24, 2.45) is 5.41 Å². The van der Waals surface area contributed by atoms with Gasteiger partial charge < -0.3 is 9.84 Å². The molecule has 5 nitrogen and oxygen atoms in total. The van der Waals surface area contributed by atoms with Gasteiger partial charge in [-0.3, -0.25) is 0 Å². The molecule has 0 aliphatic heterocycles. The predicted molar refractivity (Wildman–Crippen MR) is 124 cm³/mol. The fourth-order valence-corrected chi connectivity index (χ4v) is 5.51. The van der Waals surface area contributed by atoms with E-state index < -0.39 is 11.0 Å². The maximum Gasteiger partial charge on any atom is 0.338 e. The number of rotatable bonds is 5. The summed E-state index contributed by atoms with van der Waals surface area (Å²) in [6, 6.07) is 13.7. The van der Waals surface area contributed by atoms with Crippen molar-refractivity contribution in [1.29, 1.82) is 0 Å². The van der Waals surface area contributed by atoms with Crippen LogP contribution in [0, 0.1) is 11.2 Å². The Labute approximate surface area is 192 Å². The molecule has 0 spiro atoms. The lowest BCUT2D eigenvalue weighted by Crippen LogP contribution is -2.45. The lowest BCUT2D eigenvalue weighted by molar-refractivity contribution is -0.0462. The van der Waals surface area contributed by atoms with Gasteiger partial charge in [-0.25, -0.2) is 13.9 Å². The van der Waals surface area contributed by atoms with E-state index >= 15 is 0 Å². The Kier molecular flexibility index (Phi) is 5.20. The van der Waals surface area contributed by atoms with Gasteiger partial charge in [-0.1, -0.05) is 30.7 Å². The molecule has 1 saturated carbocycles. The van der Waals surface area contributed by atoms with Crippen molar-refractivity contribution in [3.8, 4) is 5.69 Å². The number of nitrogens with zero attached hydrogens (tertiary/aromatic N) is 2. The number of aromatic nitrogens is 2. The molecule has 1 unspecified atom stereocenters. The summed E-state index contributed by atoms with van der Waals surface area (Å²) in [4.78, 5) is 12.2. The number of aliphatic hydroxyl groups is 1. The monoisotopic (exact) mass is 446 g/mol. The van der Waals surface area contributed by atoms with Gasteiger partial charge in [0, 0.05) is 5.41 Å². The van der Waals surface area contributed by atoms with Crippen molar-refractivity contribution >= 4 is 12.0 Å². The van der Waals surface area contributed by atoms with Gasteiger partial charge in [-0.05, 0) is 79.6 Å². The first-order chi connectivity index (χ1) is 15.8. The molecule has 0 bridgehead atoms. The molecule has 2 aliphatic rings. The average molecular weight is 447 g/mol. The number of hydrogen-bond acceptors (Lipinski definition) is 4. The maximum absolute atomic E-state index is 13.4. The van der Waals surface area contributed by atoms with Crippen molar-refractivity contribution in [3.63, 3.8) is 0 Å². The van der Waals surface area contributed by atoms with Gasteiger partial charge in [0.2, 0.25) is 0 Å². The van der Waals surface area contributed by atoms with Gasteiger partial charge >= 0.3 is 5.97 Å². The Morgan fingerprint density at radius 3 is 2.73 bits per heavy atom. The van der Waals surface area contributed by atoms with Crippen LogP contribution in [0.1, 0.15) is 53.4 Å². The van der Waals surface area contributed by atoms with E-state index in [2.05, 4.69) is 18.1 Å². The first-order valence-corrected chi connectivity index (χ1v) is 11.3. The molecule has 5 rings (SSSR count). The quantitative estimate of drug-likeness (QED) is 0.566. The summed E-state index contributed by atoms with van der Waals surface area (Å²) >= 11 is 0. The predicted octanol–water partition coefficient (Wildman–Crippen LogP) is 4.90. The molecule has 170 valence electrons. The molecule has 1 N–H and O–H groups in total. The second-order valence-corrected chi connectivity index (χ2v) is 9.30. The number of aryl methyl sites for hydroxylation is 1. The van der Waals surface area contributed by atoms with Gasteiger partial charge in [-0.15, -0.1) is 0 Å². The molecule has 1 aromatic heterocycles. The smallest absolute Gasteiger partial charge is 0.338 e. The van der Waals surface area contributed by atoms with Gasteiger partial charge in [0.15, 0.2) is 0 Å². The van der Waals surface area contributed by atoms with Crippen LogP contribution < -0.4 is 0 Å². The molecular weight excluding hydrogens is 419 g/mol. The minimum atomic E-state index is -0.891. The number of methoxy groups -OCH3 is 1. The molecule has 3 aromatic rings. The van der Waals surface area contributed by atoms with Gasteiger partial charge in [0.05, 0.1) is 35.9 Å². The molecule has 0 amide bonds. The number of fused-ring (bicyclic) bond motifs is 2. The molecule has 1 fully saturated rings. The zero-order valence-electron chi connectivity index (χ0n) is 18.8. The molecule has 33 heavy (non-hydrogen) atoms. The fraction of sp³-hybridized carbons (Fsp3) is 0.333. The summed E-state index contributed by atoms with van der Waals surface area (Å²) in [5, 5.41) is 16.4. The van der Waals surface area contributed by atoms with Crippen molar-refractivity contribution < 1.29 is 19.0 Å². The van der Waals surface area contributed by atoms with E-state index in [1.807, 2.05) is 29.1 Å². The van der Waals surface area contributed by atoms with Crippen LogP contribution in [-0.4, -0.2) is 33.6 Å². The largest absolute Gasteiger partial charge is 0.465 e. The highest BCUT2D eigenvalue weighted by atomic mass is 19.1. The average Bonchev–Trinajstić information content (AvgIpc) is 3.34. The summed E-state index contributed by atoms with van der Waals surface area (Å²) < 4.78 is 20.1. The van der Waals surface area contributed by atoms with E-state index in [-0.39, 0.29) is 11.8 Å². The van der Waals surface area contributed by atoms with E-state index in [9.17, 15) is 14.3 Å². The number of ether oxygens (including phenoxy) is 1. The number of halogens is 1. The Balaban J connectivity index is 1.42. The minimum Gasteiger partial charge on any atom is -0.465 e. The summed E-state index contributed by atoms with van der Waals surface area (Å²) in [5.41, 5.74) is 4.23. The Bertz CT molecular complexity index is 1250. The normalized spacial score (nSPS) is 23.6. The van der Waals surface area contributed by atoms with E-state index in [1.165, 1.54) is 24.8 Å². The van der Waals surface area contributed by atoms with Crippen LogP contribution in [0.3, 0.4) is 0 Å². The van der Waals surface area contributed by atoms with E-state index in [0.717, 1.165) is 28.9 Å². The Hall–Kier alpha value is -3.25. The zero-order chi connectivity index (χ0) is 23.2. The van der Waals surface area contributed by atoms with E-state index in [4.69, 9.17) is 4.74 Å². The third-order valence-corrected chi connectivity index (χ3v) is 7.59. The van der Waals surface area contributed by atoms with Gasteiger partial charge in [0.25, 0.3) is 0 Å². The van der Waals surface area contributed by atoms with Gasteiger partial charge in [-0.2, -0.15) is 5.10 Å². The number of benzene rings is 2. The molecule has 2 atom stereocenters. The highest BCUT2D eigenvalue weighted by Gasteiger charge is 2.54. The van der Waals surface area contributed by atoms with Crippen LogP contribution in [-0.2, 0) is 17.6 Å². The number of esters is 1. The lowest BCUT2D eigenvalue weighted by Gasteiger charge is -2.42. The van der Waals surface area contributed by atoms with Crippen LogP contribution in [0.5, 0.6) is 0 Å². The summed E-state index contributed by atoms with van der Waals surface area (Å²) in [6.07, 6.45) is 7.30. The molecule has 2 aliphatic carbocycles. The summed E-state index contributed by atoms with van der Waals surface area (Å²) in [7, 11) is 1.38. The van der Waals surface area contributed by atoms with Crippen molar-refractivity contribution in [2.45, 2.75) is 44.6 Å². The van der Waals surface area contributed by atoms with Gasteiger partial charge in [0.1, 0.15) is 5.82 Å². The second kappa shape index (κ2) is 7.96. The minimum absolute atomic E-state index is 0.277. The highest BCUT2D eigenvalue weighted by molar-refractivity contribution is 5.91. The van der Waals surface area contributed by atoms with Crippen LogP contribution >= 0.6 is 0 Å². The molecule has 1 heterocycles. The summed E-state index contributed by atoms with van der Waals surface area (Å²) in [6.45, 7) is 2.14. The highest BCUT2D eigenvalue weighted by Crippen LogP contribution is 2.56. The maximum atomic E-state index is 13.4. The third-order valence-electron chi connectivity index (χ3n) is 7.59. The van der Waals surface area contributed by atoms with E-state index in [0.29, 0.717) is 31.2 Å². The fourth-order valence-electron chi connectivity index (χ4n) is 5.51. The van der Waals surface area contributed by atoms with Crippen molar-refractivity contribution in [1.82, 2.24) is 9.78 Å².